The van der Waals surface area contributed by atoms with Gasteiger partial charge in [0.25, 0.3) is 0 Å². The van der Waals surface area contributed by atoms with E-state index in [1.54, 1.807) is 0 Å². The molecule has 1 aromatic carbocycles. The fraction of sp³-hybridized carbons (Fsp3) is 0.438. The topological polar surface area (TPSA) is 46.5 Å². The fourth-order valence-electron chi connectivity index (χ4n) is 3.68. The molecule has 0 spiro atoms. The van der Waals surface area contributed by atoms with Crippen LogP contribution in [0.1, 0.15) is 31.7 Å². The van der Waals surface area contributed by atoms with Crippen LogP contribution in [0.5, 0.6) is 5.75 Å². The van der Waals surface area contributed by atoms with Crippen molar-refractivity contribution in [1.29, 1.82) is 0 Å². The number of ether oxygens (including phenoxy) is 1. The minimum Gasteiger partial charge on any atom is -0.493 e. The van der Waals surface area contributed by atoms with E-state index >= 15 is 0 Å². The Morgan fingerprint density at radius 3 is 2.79 bits per heavy atom. The van der Waals surface area contributed by atoms with E-state index < -0.39 is 11.4 Å². The average Bonchev–Trinajstić information content (AvgIpc) is 2.46. The molecule has 100 valence electrons. The van der Waals surface area contributed by atoms with Crippen molar-refractivity contribution in [3.05, 3.63) is 42.0 Å². The molecule has 1 heterocycles. The Kier molecular flexibility index (Phi) is 2.66. The van der Waals surface area contributed by atoms with Gasteiger partial charge in [0.15, 0.2) is 0 Å². The molecule has 2 aliphatic rings. The molecule has 0 fully saturated rings. The van der Waals surface area contributed by atoms with Gasteiger partial charge in [0, 0.05) is 11.0 Å². The number of para-hydroxylation sites is 1. The summed E-state index contributed by atoms with van der Waals surface area (Å²) < 4.78 is 5.87. The van der Waals surface area contributed by atoms with E-state index in [2.05, 4.69) is 13.0 Å². The Balaban J connectivity index is 2.29. The zero-order chi connectivity index (χ0) is 13.5. The summed E-state index contributed by atoms with van der Waals surface area (Å²) in [6, 6.07) is 7.58. The van der Waals surface area contributed by atoms with Gasteiger partial charge < -0.3 is 9.84 Å². The van der Waals surface area contributed by atoms with Crippen LogP contribution in [-0.2, 0) is 10.2 Å². The van der Waals surface area contributed by atoms with Crippen molar-refractivity contribution in [2.24, 2.45) is 5.41 Å². The van der Waals surface area contributed by atoms with Crippen molar-refractivity contribution in [2.75, 3.05) is 6.61 Å². The first-order valence-electron chi connectivity index (χ1n) is 6.77. The smallest absolute Gasteiger partial charge is 0.315 e. The zero-order valence-corrected chi connectivity index (χ0v) is 11.1. The number of aliphatic carboxylic acids is 1. The molecule has 0 saturated carbocycles. The standard InChI is InChI=1S/C16H18O3/c1-2-15-9-5-6-10-16(15,14(17)18)12-7-3-4-8-13(12)19-11-15/h3-8H,2,9-11H2,1H3,(H,17,18). The summed E-state index contributed by atoms with van der Waals surface area (Å²) in [5, 5.41) is 9.98. The molecule has 0 saturated heterocycles. The molecule has 3 heteroatoms. The third-order valence-corrected chi connectivity index (χ3v) is 4.90. The normalized spacial score (nSPS) is 32.1. The molecule has 1 aromatic rings. The largest absolute Gasteiger partial charge is 0.493 e. The van der Waals surface area contributed by atoms with Crippen LogP contribution >= 0.6 is 0 Å². The summed E-state index contributed by atoms with van der Waals surface area (Å²) in [6.45, 7) is 2.55. The number of carboxylic acids is 1. The van der Waals surface area contributed by atoms with E-state index in [0.717, 1.165) is 24.2 Å². The summed E-state index contributed by atoms with van der Waals surface area (Å²) in [7, 11) is 0. The Labute approximate surface area is 112 Å². The lowest BCUT2D eigenvalue weighted by atomic mass is 9.53. The molecular weight excluding hydrogens is 240 g/mol. The summed E-state index contributed by atoms with van der Waals surface area (Å²) in [5.74, 6) is -0.00118. The summed E-state index contributed by atoms with van der Waals surface area (Å²) in [5.41, 5.74) is -0.340. The van der Waals surface area contributed by atoms with Crippen LogP contribution < -0.4 is 4.74 Å². The lowest BCUT2D eigenvalue weighted by molar-refractivity contribution is -0.154. The van der Waals surface area contributed by atoms with Gasteiger partial charge in [-0.05, 0) is 25.3 Å². The number of hydrogen-bond donors (Lipinski definition) is 1. The van der Waals surface area contributed by atoms with E-state index in [-0.39, 0.29) is 5.41 Å². The van der Waals surface area contributed by atoms with Crippen LogP contribution in [0.15, 0.2) is 36.4 Å². The van der Waals surface area contributed by atoms with Crippen molar-refractivity contribution >= 4 is 5.97 Å². The van der Waals surface area contributed by atoms with Crippen LogP contribution in [-0.4, -0.2) is 17.7 Å². The third kappa shape index (κ3) is 1.41. The Hall–Kier alpha value is -1.77. The predicted molar refractivity (Wildman–Crippen MR) is 72.3 cm³/mol. The highest BCUT2D eigenvalue weighted by Gasteiger charge is 2.60. The van der Waals surface area contributed by atoms with Gasteiger partial charge in [-0.25, -0.2) is 0 Å². The zero-order valence-electron chi connectivity index (χ0n) is 11.1. The number of carbonyl (C=O) groups is 1. The molecule has 0 aromatic heterocycles. The number of carboxylic acid groups (broad SMARTS) is 1. The van der Waals surface area contributed by atoms with Crippen LogP contribution in [0.3, 0.4) is 0 Å². The van der Waals surface area contributed by atoms with E-state index in [1.807, 2.05) is 30.3 Å². The number of allylic oxidation sites excluding steroid dienone is 2. The van der Waals surface area contributed by atoms with Crippen LogP contribution in [0, 0.1) is 5.41 Å². The minimum atomic E-state index is -0.842. The summed E-state index contributed by atoms with van der Waals surface area (Å²) in [6.07, 6.45) is 6.23. The Morgan fingerprint density at radius 2 is 2.05 bits per heavy atom. The second-order valence-corrected chi connectivity index (χ2v) is 5.51. The van der Waals surface area contributed by atoms with Gasteiger partial charge in [0.2, 0.25) is 0 Å². The van der Waals surface area contributed by atoms with E-state index in [9.17, 15) is 9.90 Å². The Bertz CT molecular complexity index is 549. The highest BCUT2D eigenvalue weighted by Crippen LogP contribution is 2.57. The minimum absolute atomic E-state index is 0.331. The van der Waals surface area contributed by atoms with Gasteiger partial charge in [-0.3, -0.25) is 4.79 Å². The first-order valence-corrected chi connectivity index (χ1v) is 6.77. The van der Waals surface area contributed by atoms with Crippen molar-refractivity contribution in [3.8, 4) is 5.75 Å². The maximum atomic E-state index is 12.1. The van der Waals surface area contributed by atoms with Gasteiger partial charge in [0.1, 0.15) is 11.2 Å². The van der Waals surface area contributed by atoms with Gasteiger partial charge in [0.05, 0.1) is 6.61 Å². The molecule has 0 radical (unpaired) electrons. The second kappa shape index (κ2) is 4.12. The van der Waals surface area contributed by atoms with Gasteiger partial charge >= 0.3 is 5.97 Å². The van der Waals surface area contributed by atoms with Gasteiger partial charge in [-0.1, -0.05) is 37.3 Å². The van der Waals surface area contributed by atoms with Crippen molar-refractivity contribution in [2.45, 2.75) is 31.6 Å². The van der Waals surface area contributed by atoms with E-state index in [0.29, 0.717) is 13.0 Å². The van der Waals surface area contributed by atoms with Gasteiger partial charge in [-0.15, -0.1) is 0 Å². The monoisotopic (exact) mass is 258 g/mol. The number of rotatable bonds is 2. The number of fused-ring (bicyclic) bond motifs is 3. The lowest BCUT2D eigenvalue weighted by Gasteiger charge is -2.52. The molecule has 2 unspecified atom stereocenters. The molecule has 3 rings (SSSR count). The Morgan fingerprint density at radius 1 is 1.32 bits per heavy atom. The molecular formula is C16H18O3. The predicted octanol–water partition coefficient (Wildman–Crippen LogP) is 3.15. The van der Waals surface area contributed by atoms with Crippen LogP contribution in [0.4, 0.5) is 0 Å². The first kappa shape index (κ1) is 12.3. The SMILES string of the molecule is CCC12CC=CCC1(C(=O)O)c1ccccc1OC2. The van der Waals surface area contributed by atoms with Crippen LogP contribution in [0.2, 0.25) is 0 Å². The van der Waals surface area contributed by atoms with Crippen LogP contribution in [0.25, 0.3) is 0 Å². The quantitative estimate of drug-likeness (QED) is 0.829. The highest BCUT2D eigenvalue weighted by atomic mass is 16.5. The van der Waals surface area contributed by atoms with Crippen molar-refractivity contribution < 1.29 is 14.6 Å². The third-order valence-electron chi connectivity index (χ3n) is 4.90. The van der Waals surface area contributed by atoms with E-state index in [4.69, 9.17) is 4.74 Å². The van der Waals surface area contributed by atoms with E-state index in [1.165, 1.54) is 0 Å². The summed E-state index contributed by atoms with van der Waals surface area (Å²) >= 11 is 0. The van der Waals surface area contributed by atoms with Crippen molar-refractivity contribution in [1.82, 2.24) is 0 Å². The fourth-order valence-corrected chi connectivity index (χ4v) is 3.68. The lowest BCUT2D eigenvalue weighted by Crippen LogP contribution is -2.57. The molecule has 3 nitrogen and oxygen atoms in total. The molecule has 2 atom stereocenters. The number of hydrogen-bond acceptors (Lipinski definition) is 2. The molecule has 1 aliphatic carbocycles. The number of benzene rings is 1. The van der Waals surface area contributed by atoms with Crippen molar-refractivity contribution in [3.63, 3.8) is 0 Å². The maximum absolute atomic E-state index is 12.1. The average molecular weight is 258 g/mol. The molecule has 1 N–H and O–H groups in total. The summed E-state index contributed by atoms with van der Waals surface area (Å²) in [4.78, 5) is 12.1. The molecule has 19 heavy (non-hydrogen) atoms. The molecule has 0 bridgehead atoms. The molecule has 1 aliphatic heterocycles. The van der Waals surface area contributed by atoms with Gasteiger partial charge in [-0.2, -0.15) is 0 Å². The molecule has 0 amide bonds. The second-order valence-electron chi connectivity index (χ2n) is 5.51. The maximum Gasteiger partial charge on any atom is 0.315 e. The first-order chi connectivity index (χ1) is 9.16. The highest BCUT2D eigenvalue weighted by molar-refractivity contribution is 5.85.